The van der Waals surface area contributed by atoms with Crippen molar-refractivity contribution in [3.8, 4) is 11.5 Å². The van der Waals surface area contributed by atoms with Crippen molar-refractivity contribution in [2.45, 2.75) is 65.4 Å². The first kappa shape index (κ1) is 33.7. The minimum atomic E-state index is -4.78. The number of nitrogens with two attached hydrogens (primary N) is 1. The van der Waals surface area contributed by atoms with E-state index in [1.54, 1.807) is 0 Å². The topological polar surface area (TPSA) is 199 Å². The maximum atomic E-state index is 13.3. The van der Waals surface area contributed by atoms with Crippen molar-refractivity contribution < 1.29 is 46.6 Å². The smallest absolute Gasteiger partial charge is 0.416 e. The molecule has 3 aromatic rings. The van der Waals surface area contributed by atoms with Crippen molar-refractivity contribution in [1.29, 1.82) is 0 Å². The fourth-order valence-electron chi connectivity index (χ4n) is 4.92. The third-order valence-electron chi connectivity index (χ3n) is 6.73. The molecule has 1 aliphatic rings. The molecule has 0 bridgehead atoms. The van der Waals surface area contributed by atoms with Crippen molar-refractivity contribution in [1.82, 2.24) is 24.6 Å². The number of hydrogen-bond donors (Lipinski definition) is 3. The zero-order chi connectivity index (χ0) is 34.4. The number of rotatable bonds is 7. The fourth-order valence-corrected chi connectivity index (χ4v) is 4.92. The lowest BCUT2D eigenvalue weighted by Gasteiger charge is -2.52. The Labute approximate surface area is 260 Å². The number of halogens is 3. The van der Waals surface area contributed by atoms with Crippen LogP contribution < -0.4 is 16.0 Å². The predicted molar refractivity (Wildman–Crippen MR) is 155 cm³/mol. The van der Waals surface area contributed by atoms with Gasteiger partial charge in [-0.15, -0.1) is 0 Å². The highest BCUT2D eigenvalue weighted by Crippen LogP contribution is 2.41. The van der Waals surface area contributed by atoms with Crippen LogP contribution in [-0.2, 0) is 4.74 Å². The minimum Gasteiger partial charge on any atom is -0.465 e. The van der Waals surface area contributed by atoms with Gasteiger partial charge in [0.2, 0.25) is 5.89 Å². The van der Waals surface area contributed by atoms with Gasteiger partial charge in [-0.05, 0) is 38.3 Å². The molecular formula is C28H33F3N8O7. The fraction of sp³-hybridized carbons (Fsp3) is 0.464. The Morgan fingerprint density at radius 1 is 1.17 bits per heavy atom. The molecule has 3 aromatic heterocycles. The monoisotopic (exact) mass is 650 g/mol. The first-order valence-corrected chi connectivity index (χ1v) is 13.8. The Balaban J connectivity index is 1.57. The summed E-state index contributed by atoms with van der Waals surface area (Å²) in [4.78, 5) is 59.1. The van der Waals surface area contributed by atoms with Crippen LogP contribution in [0.25, 0.3) is 11.5 Å². The second kappa shape index (κ2) is 12.0. The summed E-state index contributed by atoms with van der Waals surface area (Å²) in [7, 11) is 0. The number of carbonyl (C=O) groups is 4. The van der Waals surface area contributed by atoms with E-state index in [0.29, 0.717) is 4.90 Å². The van der Waals surface area contributed by atoms with E-state index in [0.717, 1.165) is 18.5 Å². The number of alkyl halides is 3. The highest BCUT2D eigenvalue weighted by atomic mass is 19.4. The van der Waals surface area contributed by atoms with Crippen LogP contribution in [0.15, 0.2) is 35.2 Å². The number of pyridine rings is 1. The zero-order valence-corrected chi connectivity index (χ0v) is 25.7. The van der Waals surface area contributed by atoms with E-state index >= 15 is 0 Å². The Morgan fingerprint density at radius 2 is 1.85 bits per heavy atom. The number of ether oxygens (including phenoxy) is 1. The summed E-state index contributed by atoms with van der Waals surface area (Å²) in [6.45, 7) is 8.50. The van der Waals surface area contributed by atoms with E-state index in [-0.39, 0.29) is 35.1 Å². The second-order valence-corrected chi connectivity index (χ2v) is 12.6. The van der Waals surface area contributed by atoms with Crippen LogP contribution in [0.3, 0.4) is 0 Å². The molecule has 0 aromatic carbocycles. The summed E-state index contributed by atoms with van der Waals surface area (Å²) in [5, 5.41) is 16.2. The summed E-state index contributed by atoms with van der Waals surface area (Å²) in [6, 6.07) is 1.53. The molecule has 4 N–H and O–H groups in total. The molecule has 1 aliphatic heterocycles. The molecule has 4 rings (SSSR count). The number of primary amides is 1. The standard InChI is InChI=1S/C28H33F3N8O7/c1-26(2,3)20-17(11-37(20)24(42)43)39-10-15(19(36-39)21(32)40)34-22(41)16-12-45-23(35-16)14-7-8-33-18(9-14)38(13-28(29,30)31)25(44)46-27(4,5)6/h7-10,12,17,20H,11,13H2,1-6H3,(H2,32,40)(H,34,41)(H,42,43). The molecule has 4 heterocycles. The molecule has 15 nitrogen and oxygen atoms in total. The normalized spacial score (nSPS) is 16.8. The van der Waals surface area contributed by atoms with E-state index in [1.807, 2.05) is 20.8 Å². The average molecular weight is 651 g/mol. The predicted octanol–water partition coefficient (Wildman–Crippen LogP) is 4.54. The van der Waals surface area contributed by atoms with E-state index in [4.69, 9.17) is 14.9 Å². The minimum absolute atomic E-state index is 0.0603. The number of carboxylic acid groups (broad SMARTS) is 1. The largest absolute Gasteiger partial charge is 0.465 e. The third-order valence-corrected chi connectivity index (χ3v) is 6.73. The maximum absolute atomic E-state index is 13.3. The van der Waals surface area contributed by atoms with Gasteiger partial charge < -0.3 is 30.2 Å². The molecule has 0 radical (unpaired) electrons. The Hall–Kier alpha value is -5.16. The highest BCUT2D eigenvalue weighted by Gasteiger charge is 2.50. The lowest BCUT2D eigenvalue weighted by atomic mass is 9.76. The lowest BCUT2D eigenvalue weighted by molar-refractivity contribution is -0.119. The van der Waals surface area contributed by atoms with Gasteiger partial charge in [0, 0.05) is 24.5 Å². The molecule has 1 saturated heterocycles. The second-order valence-electron chi connectivity index (χ2n) is 12.6. The maximum Gasteiger partial charge on any atom is 0.416 e. The zero-order valence-electron chi connectivity index (χ0n) is 25.7. The Bertz CT molecular complexity index is 1650. The number of hydrogen-bond acceptors (Lipinski definition) is 9. The summed E-state index contributed by atoms with van der Waals surface area (Å²) in [6.07, 6.45) is -3.68. The molecule has 1 fully saturated rings. The highest BCUT2D eigenvalue weighted by molar-refractivity contribution is 6.07. The van der Waals surface area contributed by atoms with Gasteiger partial charge in [-0.1, -0.05) is 20.8 Å². The molecule has 46 heavy (non-hydrogen) atoms. The van der Waals surface area contributed by atoms with E-state index < -0.39 is 65.6 Å². The SMILES string of the molecule is CC(C)(C)OC(=O)N(CC(F)(F)F)c1cc(-c2nc(C(=O)Nc3cn(C4CN(C(=O)O)C4C(C)(C)C)nc3C(N)=O)co2)ccn1. The average Bonchev–Trinajstić information content (AvgIpc) is 3.52. The number of likely N-dealkylation sites (tertiary alicyclic amines) is 1. The van der Waals surface area contributed by atoms with E-state index in [2.05, 4.69) is 20.4 Å². The number of amides is 4. The van der Waals surface area contributed by atoms with Crippen molar-refractivity contribution in [3.63, 3.8) is 0 Å². The quantitative estimate of drug-likeness (QED) is 0.326. The van der Waals surface area contributed by atoms with Gasteiger partial charge in [-0.3, -0.25) is 19.2 Å². The molecule has 4 amide bonds. The molecule has 0 aliphatic carbocycles. The molecule has 18 heteroatoms. The third kappa shape index (κ3) is 7.55. The molecule has 0 spiro atoms. The van der Waals surface area contributed by atoms with Gasteiger partial charge in [0.05, 0.1) is 17.8 Å². The molecular weight excluding hydrogens is 617 g/mol. The number of carbonyl (C=O) groups excluding carboxylic acids is 3. The van der Waals surface area contributed by atoms with Crippen molar-refractivity contribution in [2.24, 2.45) is 11.1 Å². The van der Waals surface area contributed by atoms with Crippen molar-refractivity contribution in [2.75, 3.05) is 23.3 Å². The first-order chi connectivity index (χ1) is 21.1. The van der Waals surface area contributed by atoms with Crippen LogP contribution in [0, 0.1) is 5.41 Å². The van der Waals surface area contributed by atoms with Crippen LogP contribution >= 0.6 is 0 Å². The number of oxazole rings is 1. The van der Waals surface area contributed by atoms with E-state index in [1.165, 1.54) is 42.6 Å². The molecule has 0 saturated carbocycles. The molecule has 248 valence electrons. The van der Waals surface area contributed by atoms with Gasteiger partial charge >= 0.3 is 18.4 Å². The Morgan fingerprint density at radius 3 is 2.41 bits per heavy atom. The number of nitrogens with zero attached hydrogens (tertiary/aromatic N) is 6. The van der Waals surface area contributed by atoms with Gasteiger partial charge in [0.15, 0.2) is 11.4 Å². The summed E-state index contributed by atoms with van der Waals surface area (Å²) in [5.74, 6) is -2.38. The van der Waals surface area contributed by atoms with Crippen LogP contribution in [0.1, 0.15) is 68.6 Å². The van der Waals surface area contributed by atoms with Gasteiger partial charge in [-0.25, -0.2) is 19.6 Å². The number of anilines is 2. The van der Waals surface area contributed by atoms with E-state index in [9.17, 15) is 37.5 Å². The van der Waals surface area contributed by atoms with Crippen LogP contribution in [0.5, 0.6) is 0 Å². The Kier molecular flexibility index (Phi) is 8.78. The summed E-state index contributed by atoms with van der Waals surface area (Å²) in [5.41, 5.74) is 3.41. The van der Waals surface area contributed by atoms with Gasteiger partial charge in [0.25, 0.3) is 11.8 Å². The van der Waals surface area contributed by atoms with Gasteiger partial charge in [-0.2, -0.15) is 18.3 Å². The van der Waals surface area contributed by atoms with Gasteiger partial charge in [0.1, 0.15) is 24.2 Å². The summed E-state index contributed by atoms with van der Waals surface area (Å²) < 4.78 is 51.9. The molecule has 2 unspecified atom stereocenters. The lowest BCUT2D eigenvalue weighted by Crippen LogP contribution is -2.63. The van der Waals surface area contributed by atoms with Crippen LogP contribution in [-0.4, -0.2) is 84.7 Å². The van der Waals surface area contributed by atoms with Crippen molar-refractivity contribution >= 4 is 35.5 Å². The van der Waals surface area contributed by atoms with Crippen LogP contribution in [0.4, 0.5) is 34.3 Å². The number of nitrogens with one attached hydrogen (secondary N) is 1. The van der Waals surface area contributed by atoms with Crippen LogP contribution in [0.2, 0.25) is 0 Å². The number of aromatic nitrogens is 4. The summed E-state index contributed by atoms with van der Waals surface area (Å²) >= 11 is 0. The van der Waals surface area contributed by atoms with Crippen molar-refractivity contribution in [3.05, 3.63) is 42.2 Å². The first-order valence-electron chi connectivity index (χ1n) is 13.8. The molecule has 2 atom stereocenters.